The number of piperidine rings is 1. The molecular weight excluding hydrogens is 376 g/mol. The highest BCUT2D eigenvalue weighted by molar-refractivity contribution is 6.00. The van der Waals surface area contributed by atoms with Crippen LogP contribution < -0.4 is 9.47 Å². The summed E-state index contributed by atoms with van der Waals surface area (Å²) in [5, 5.41) is 9.12. The van der Waals surface area contributed by atoms with E-state index >= 15 is 0 Å². The lowest BCUT2D eigenvalue weighted by Crippen LogP contribution is -2.54. The number of fused-ring (bicyclic) bond motifs is 2. The molecular formula is C25H26N2O3. The number of benzene rings is 2. The number of likely N-dealkylation sites (tertiary alicyclic amines) is 1. The molecule has 0 unspecified atom stereocenters. The van der Waals surface area contributed by atoms with Gasteiger partial charge in [-0.25, -0.2) is 0 Å². The van der Waals surface area contributed by atoms with Crippen molar-refractivity contribution in [1.29, 1.82) is 5.26 Å². The fourth-order valence-corrected chi connectivity index (χ4v) is 5.29. The first-order chi connectivity index (χ1) is 14.6. The lowest BCUT2D eigenvalue weighted by Gasteiger charge is -2.46. The van der Waals surface area contributed by atoms with Gasteiger partial charge in [-0.1, -0.05) is 6.07 Å². The number of Topliss-reactive ketones (excluding diaryl/α,β-unsaturated/α-hetero) is 1. The molecule has 0 bridgehead atoms. The first-order valence-electron chi connectivity index (χ1n) is 10.8. The summed E-state index contributed by atoms with van der Waals surface area (Å²) in [5.41, 5.74) is 3.72. The van der Waals surface area contributed by atoms with Gasteiger partial charge in [0.25, 0.3) is 0 Å². The maximum atomic E-state index is 12.8. The SMILES string of the molecule is COc1ccc2c(c1)C(=O)CC1(CCN([C@@H]3CCc4cc(C#N)ccc4C3)CC1)O2. The summed E-state index contributed by atoms with van der Waals surface area (Å²) in [6.45, 7) is 1.91. The molecule has 30 heavy (non-hydrogen) atoms. The van der Waals surface area contributed by atoms with E-state index in [2.05, 4.69) is 17.0 Å². The van der Waals surface area contributed by atoms with Crippen molar-refractivity contribution in [2.45, 2.75) is 50.2 Å². The Bertz CT molecular complexity index is 1030. The molecule has 0 aromatic heterocycles. The van der Waals surface area contributed by atoms with Gasteiger partial charge in [-0.2, -0.15) is 5.26 Å². The van der Waals surface area contributed by atoms with Crippen LogP contribution in [0.2, 0.25) is 0 Å². The quantitative estimate of drug-likeness (QED) is 0.762. The molecule has 2 heterocycles. The smallest absolute Gasteiger partial charge is 0.170 e. The monoisotopic (exact) mass is 402 g/mol. The van der Waals surface area contributed by atoms with Gasteiger partial charge < -0.3 is 9.47 Å². The third kappa shape index (κ3) is 3.36. The van der Waals surface area contributed by atoms with Gasteiger partial charge in [0.1, 0.15) is 17.1 Å². The fourth-order valence-electron chi connectivity index (χ4n) is 5.29. The van der Waals surface area contributed by atoms with E-state index in [4.69, 9.17) is 14.7 Å². The van der Waals surface area contributed by atoms with Crippen molar-refractivity contribution in [3.8, 4) is 17.6 Å². The van der Waals surface area contributed by atoms with Gasteiger partial charge in [-0.05, 0) is 60.7 Å². The lowest BCUT2D eigenvalue weighted by molar-refractivity contribution is -0.0201. The third-order valence-corrected chi connectivity index (χ3v) is 7.06. The Morgan fingerprint density at radius 1 is 1.17 bits per heavy atom. The van der Waals surface area contributed by atoms with Crippen molar-refractivity contribution in [3.05, 3.63) is 58.7 Å². The lowest BCUT2D eigenvalue weighted by atomic mass is 9.80. The zero-order valence-corrected chi connectivity index (χ0v) is 17.3. The average molecular weight is 402 g/mol. The zero-order chi connectivity index (χ0) is 20.7. The van der Waals surface area contributed by atoms with E-state index in [9.17, 15) is 4.79 Å². The Morgan fingerprint density at radius 3 is 2.77 bits per heavy atom. The number of carbonyl (C=O) groups excluding carboxylic acids is 1. The second-order valence-electron chi connectivity index (χ2n) is 8.78. The van der Waals surface area contributed by atoms with Gasteiger partial charge >= 0.3 is 0 Å². The minimum atomic E-state index is -0.372. The Balaban J connectivity index is 1.26. The fraction of sp³-hybridized carbons (Fsp3) is 0.440. The normalized spacial score (nSPS) is 22.5. The van der Waals surface area contributed by atoms with Crippen molar-refractivity contribution in [2.75, 3.05) is 20.2 Å². The van der Waals surface area contributed by atoms with Crippen molar-refractivity contribution in [3.63, 3.8) is 0 Å². The Hall–Kier alpha value is -2.84. The van der Waals surface area contributed by atoms with Crippen LogP contribution in [0.3, 0.4) is 0 Å². The molecule has 5 nitrogen and oxygen atoms in total. The second-order valence-corrected chi connectivity index (χ2v) is 8.78. The third-order valence-electron chi connectivity index (χ3n) is 7.06. The topological polar surface area (TPSA) is 62.6 Å². The van der Waals surface area contributed by atoms with E-state index in [1.54, 1.807) is 13.2 Å². The first-order valence-corrected chi connectivity index (χ1v) is 10.8. The van der Waals surface area contributed by atoms with E-state index in [0.29, 0.717) is 29.5 Å². The van der Waals surface area contributed by atoms with Crippen LogP contribution in [0.25, 0.3) is 0 Å². The molecule has 154 valence electrons. The average Bonchev–Trinajstić information content (AvgIpc) is 2.78. The standard InChI is InChI=1S/C25H26N2O3/c1-29-21-6-7-24-22(14-21)23(28)15-25(30-24)8-10-27(11-9-25)20-5-4-18-12-17(16-26)2-3-19(18)13-20/h2-3,6-7,12,14,20H,4-5,8-11,13,15H2,1H3/t20-/m1/s1. The molecule has 5 heteroatoms. The van der Waals surface area contributed by atoms with Gasteiger partial charge in [0.2, 0.25) is 0 Å². The minimum absolute atomic E-state index is 0.156. The number of nitriles is 1. The summed E-state index contributed by atoms with van der Waals surface area (Å²) < 4.78 is 11.7. The zero-order valence-electron chi connectivity index (χ0n) is 17.3. The number of aryl methyl sites for hydroxylation is 1. The van der Waals surface area contributed by atoms with E-state index in [-0.39, 0.29) is 11.4 Å². The van der Waals surface area contributed by atoms with Crippen molar-refractivity contribution >= 4 is 5.78 Å². The summed E-state index contributed by atoms with van der Waals surface area (Å²) in [6, 6.07) is 14.4. The van der Waals surface area contributed by atoms with Crippen LogP contribution in [0.5, 0.6) is 11.5 Å². The van der Waals surface area contributed by atoms with Crippen molar-refractivity contribution in [1.82, 2.24) is 4.90 Å². The van der Waals surface area contributed by atoms with Crippen LogP contribution >= 0.6 is 0 Å². The van der Waals surface area contributed by atoms with E-state index in [1.165, 1.54) is 11.1 Å². The molecule has 2 aliphatic heterocycles. The highest BCUT2D eigenvalue weighted by atomic mass is 16.5. The summed E-state index contributed by atoms with van der Waals surface area (Å²) in [6.07, 6.45) is 5.39. The molecule has 3 aliphatic rings. The number of nitrogens with zero attached hydrogens (tertiary/aromatic N) is 2. The van der Waals surface area contributed by atoms with E-state index < -0.39 is 0 Å². The summed E-state index contributed by atoms with van der Waals surface area (Å²) in [4.78, 5) is 15.4. The van der Waals surface area contributed by atoms with Crippen LogP contribution in [0, 0.1) is 11.3 Å². The molecule has 2 aromatic rings. The molecule has 0 amide bonds. The summed E-state index contributed by atoms with van der Waals surface area (Å²) >= 11 is 0. The molecule has 1 atom stereocenters. The van der Waals surface area contributed by atoms with Crippen LogP contribution in [-0.2, 0) is 12.8 Å². The Labute approximate surface area is 177 Å². The van der Waals surface area contributed by atoms with Gasteiger partial charge in [0.15, 0.2) is 5.78 Å². The second kappa shape index (κ2) is 7.45. The van der Waals surface area contributed by atoms with Gasteiger partial charge in [0, 0.05) is 32.0 Å². The Kier molecular flexibility index (Phi) is 4.75. The van der Waals surface area contributed by atoms with E-state index in [0.717, 1.165) is 50.8 Å². The van der Waals surface area contributed by atoms with Gasteiger partial charge in [-0.15, -0.1) is 0 Å². The molecule has 1 spiro atoms. The summed E-state index contributed by atoms with van der Waals surface area (Å²) in [7, 11) is 1.61. The molecule has 2 aromatic carbocycles. The largest absolute Gasteiger partial charge is 0.497 e. The number of methoxy groups -OCH3 is 1. The molecule has 0 saturated carbocycles. The van der Waals surface area contributed by atoms with E-state index in [1.807, 2.05) is 24.3 Å². The summed E-state index contributed by atoms with van der Waals surface area (Å²) in [5.74, 6) is 1.54. The maximum Gasteiger partial charge on any atom is 0.170 e. The van der Waals surface area contributed by atoms with Crippen LogP contribution in [-0.4, -0.2) is 42.5 Å². The minimum Gasteiger partial charge on any atom is -0.497 e. The number of hydrogen-bond acceptors (Lipinski definition) is 5. The Morgan fingerprint density at radius 2 is 2.00 bits per heavy atom. The number of ketones is 1. The first kappa shape index (κ1) is 19.1. The predicted octanol–water partition coefficient (Wildman–Crippen LogP) is 3.92. The van der Waals surface area contributed by atoms with Gasteiger partial charge in [-0.3, -0.25) is 9.69 Å². The molecule has 0 N–H and O–H groups in total. The molecule has 0 radical (unpaired) electrons. The number of carbonyl (C=O) groups is 1. The predicted molar refractivity (Wildman–Crippen MR) is 113 cm³/mol. The number of hydrogen-bond donors (Lipinski definition) is 0. The highest BCUT2D eigenvalue weighted by Gasteiger charge is 2.44. The number of rotatable bonds is 2. The van der Waals surface area contributed by atoms with Crippen LogP contribution in [0.15, 0.2) is 36.4 Å². The number of ether oxygens (including phenoxy) is 2. The highest BCUT2D eigenvalue weighted by Crippen LogP contribution is 2.41. The van der Waals surface area contributed by atoms with Crippen molar-refractivity contribution in [2.24, 2.45) is 0 Å². The molecule has 1 fully saturated rings. The van der Waals surface area contributed by atoms with Crippen molar-refractivity contribution < 1.29 is 14.3 Å². The van der Waals surface area contributed by atoms with Crippen LogP contribution in [0.1, 0.15) is 52.7 Å². The van der Waals surface area contributed by atoms with Gasteiger partial charge in [0.05, 0.1) is 30.7 Å². The van der Waals surface area contributed by atoms with Crippen LogP contribution in [0.4, 0.5) is 0 Å². The molecule has 1 saturated heterocycles. The molecule has 1 aliphatic carbocycles. The molecule has 5 rings (SSSR count). The maximum absolute atomic E-state index is 12.8.